The van der Waals surface area contributed by atoms with Crippen molar-refractivity contribution in [3.05, 3.63) is 35.4 Å². The predicted molar refractivity (Wildman–Crippen MR) is 61.0 cm³/mol. The Labute approximate surface area is 103 Å². The minimum atomic E-state index is -1.47. The van der Waals surface area contributed by atoms with Crippen LogP contribution in [0, 0.1) is 0 Å². The molecule has 0 aliphatic heterocycles. The van der Waals surface area contributed by atoms with Gasteiger partial charge in [0.25, 0.3) is 0 Å². The van der Waals surface area contributed by atoms with Gasteiger partial charge in [0.15, 0.2) is 0 Å². The Kier molecular flexibility index (Phi) is 4.82. The maximum atomic E-state index is 10.7. The molecule has 2 unspecified atom stereocenters. The van der Waals surface area contributed by atoms with Crippen LogP contribution in [0.2, 0.25) is 0 Å². The van der Waals surface area contributed by atoms with Gasteiger partial charge in [0.2, 0.25) is 0 Å². The van der Waals surface area contributed by atoms with Gasteiger partial charge in [-0.25, -0.2) is 0 Å². The summed E-state index contributed by atoms with van der Waals surface area (Å²) in [7, 11) is 0. The molecule has 0 aliphatic rings. The van der Waals surface area contributed by atoms with E-state index in [2.05, 4.69) is 0 Å². The summed E-state index contributed by atoms with van der Waals surface area (Å²) in [5, 5.41) is 36.6. The highest BCUT2D eigenvalue weighted by Gasteiger charge is 2.23. The number of benzene rings is 1. The highest BCUT2D eigenvalue weighted by atomic mass is 16.4. The Balaban J connectivity index is 2.93. The largest absolute Gasteiger partial charge is 0.481 e. The second-order valence-electron chi connectivity index (χ2n) is 3.88. The molecule has 98 valence electrons. The van der Waals surface area contributed by atoms with Gasteiger partial charge in [-0.3, -0.25) is 9.59 Å². The van der Waals surface area contributed by atoms with Crippen LogP contribution in [0.25, 0.3) is 0 Å². The molecule has 6 nitrogen and oxygen atoms in total. The van der Waals surface area contributed by atoms with E-state index in [1.54, 1.807) is 12.1 Å². The third-order valence-corrected chi connectivity index (χ3v) is 2.46. The van der Waals surface area contributed by atoms with Crippen LogP contribution in [0.1, 0.15) is 23.7 Å². The molecular weight excluding hydrogens is 240 g/mol. The van der Waals surface area contributed by atoms with E-state index in [9.17, 15) is 19.8 Å². The normalized spacial score (nSPS) is 13.9. The molecule has 6 heteroatoms. The van der Waals surface area contributed by atoms with Crippen molar-refractivity contribution in [2.24, 2.45) is 0 Å². The van der Waals surface area contributed by atoms with Gasteiger partial charge in [-0.2, -0.15) is 0 Å². The molecule has 1 aromatic rings. The average Bonchev–Trinajstić information content (AvgIpc) is 2.27. The number of carboxylic acid groups (broad SMARTS) is 2. The lowest BCUT2D eigenvalue weighted by atomic mass is 9.95. The van der Waals surface area contributed by atoms with E-state index >= 15 is 0 Å². The second kappa shape index (κ2) is 6.13. The fraction of sp³-hybridized carbons (Fsp3) is 0.333. The Morgan fingerprint density at radius 1 is 1.06 bits per heavy atom. The third kappa shape index (κ3) is 3.83. The SMILES string of the molecule is O=C(O)Cc1ccccc1C(O)C(O)CC(=O)O. The number of carboxylic acids is 2. The van der Waals surface area contributed by atoms with E-state index in [1.807, 2.05) is 0 Å². The fourth-order valence-corrected chi connectivity index (χ4v) is 1.64. The van der Waals surface area contributed by atoms with Crippen molar-refractivity contribution in [3.8, 4) is 0 Å². The van der Waals surface area contributed by atoms with Crippen LogP contribution in [-0.2, 0) is 16.0 Å². The first-order valence-electron chi connectivity index (χ1n) is 5.29. The predicted octanol–water partition coefficient (Wildman–Crippen LogP) is 0.183. The molecule has 0 aliphatic carbocycles. The van der Waals surface area contributed by atoms with Crippen LogP contribution >= 0.6 is 0 Å². The third-order valence-electron chi connectivity index (χ3n) is 2.46. The molecule has 1 aromatic carbocycles. The van der Waals surface area contributed by atoms with E-state index in [1.165, 1.54) is 12.1 Å². The summed E-state index contributed by atoms with van der Waals surface area (Å²) < 4.78 is 0. The molecule has 18 heavy (non-hydrogen) atoms. The van der Waals surface area contributed by atoms with Crippen molar-refractivity contribution in [1.82, 2.24) is 0 Å². The topological polar surface area (TPSA) is 115 Å². The summed E-state index contributed by atoms with van der Waals surface area (Å²) in [6.45, 7) is 0. The molecule has 0 saturated carbocycles. The molecule has 0 spiro atoms. The van der Waals surface area contributed by atoms with Gasteiger partial charge in [-0.05, 0) is 11.1 Å². The summed E-state index contributed by atoms with van der Waals surface area (Å²) >= 11 is 0. The van der Waals surface area contributed by atoms with Crippen molar-refractivity contribution in [1.29, 1.82) is 0 Å². The fourth-order valence-electron chi connectivity index (χ4n) is 1.64. The smallest absolute Gasteiger partial charge is 0.307 e. The monoisotopic (exact) mass is 254 g/mol. The maximum Gasteiger partial charge on any atom is 0.307 e. The summed E-state index contributed by atoms with van der Waals surface area (Å²) in [6.07, 6.45) is -3.80. The molecule has 0 bridgehead atoms. The zero-order chi connectivity index (χ0) is 13.7. The highest BCUT2D eigenvalue weighted by molar-refractivity contribution is 5.71. The van der Waals surface area contributed by atoms with Crippen molar-refractivity contribution in [2.75, 3.05) is 0 Å². The van der Waals surface area contributed by atoms with Crippen LogP contribution in [0.4, 0.5) is 0 Å². The molecule has 0 aromatic heterocycles. The number of aliphatic hydroxyl groups excluding tert-OH is 2. The summed E-state index contributed by atoms with van der Waals surface area (Å²) in [5.41, 5.74) is 0.579. The first-order valence-corrected chi connectivity index (χ1v) is 5.29. The molecular formula is C12H14O6. The second-order valence-corrected chi connectivity index (χ2v) is 3.88. The number of hydrogen-bond donors (Lipinski definition) is 4. The zero-order valence-electron chi connectivity index (χ0n) is 9.48. The molecule has 1 rings (SSSR count). The van der Waals surface area contributed by atoms with Gasteiger partial charge in [0, 0.05) is 0 Å². The van der Waals surface area contributed by atoms with E-state index < -0.39 is 30.6 Å². The maximum absolute atomic E-state index is 10.7. The highest BCUT2D eigenvalue weighted by Crippen LogP contribution is 2.23. The number of aliphatic carboxylic acids is 2. The van der Waals surface area contributed by atoms with Crippen LogP contribution in [0.3, 0.4) is 0 Å². The van der Waals surface area contributed by atoms with Gasteiger partial charge in [-0.1, -0.05) is 24.3 Å². The molecule has 2 atom stereocenters. The summed E-state index contributed by atoms with van der Waals surface area (Å²) in [6, 6.07) is 6.17. The number of aliphatic hydroxyl groups is 2. The van der Waals surface area contributed by atoms with Gasteiger partial charge in [0.05, 0.1) is 18.9 Å². The lowest BCUT2D eigenvalue weighted by Crippen LogP contribution is -2.23. The van der Waals surface area contributed by atoms with Gasteiger partial charge < -0.3 is 20.4 Å². The first kappa shape index (κ1) is 14.1. The molecule has 0 heterocycles. The standard InChI is InChI=1S/C12H14O6/c13-9(6-11(16)17)12(18)8-4-2-1-3-7(8)5-10(14)15/h1-4,9,12-13,18H,5-6H2,(H,14,15)(H,16,17). The molecule has 0 radical (unpaired) electrons. The van der Waals surface area contributed by atoms with Crippen molar-refractivity contribution >= 4 is 11.9 Å². The number of hydrogen-bond acceptors (Lipinski definition) is 4. The van der Waals surface area contributed by atoms with E-state index in [0.29, 0.717) is 5.56 Å². The number of rotatable bonds is 6. The van der Waals surface area contributed by atoms with Crippen molar-refractivity contribution < 1.29 is 30.0 Å². The van der Waals surface area contributed by atoms with Crippen LogP contribution in [-0.4, -0.2) is 38.5 Å². The Bertz CT molecular complexity index is 442. The average molecular weight is 254 g/mol. The number of carbonyl (C=O) groups is 2. The van der Waals surface area contributed by atoms with E-state index in [0.717, 1.165) is 0 Å². The first-order chi connectivity index (χ1) is 8.41. The summed E-state index contributed by atoms with van der Waals surface area (Å²) in [5.74, 6) is -2.31. The van der Waals surface area contributed by atoms with Gasteiger partial charge in [-0.15, -0.1) is 0 Å². The lowest BCUT2D eigenvalue weighted by Gasteiger charge is -2.19. The zero-order valence-corrected chi connectivity index (χ0v) is 9.48. The minimum absolute atomic E-state index is 0.230. The van der Waals surface area contributed by atoms with Crippen LogP contribution in [0.5, 0.6) is 0 Å². The molecule has 0 fully saturated rings. The van der Waals surface area contributed by atoms with Gasteiger partial charge in [0.1, 0.15) is 6.10 Å². The van der Waals surface area contributed by atoms with Gasteiger partial charge >= 0.3 is 11.9 Å². The summed E-state index contributed by atoms with van der Waals surface area (Å²) in [4.78, 5) is 21.1. The minimum Gasteiger partial charge on any atom is -0.481 e. The Morgan fingerprint density at radius 2 is 1.67 bits per heavy atom. The lowest BCUT2D eigenvalue weighted by molar-refractivity contribution is -0.141. The Hall–Kier alpha value is -1.92. The van der Waals surface area contributed by atoms with Crippen LogP contribution in [0.15, 0.2) is 24.3 Å². The van der Waals surface area contributed by atoms with Crippen molar-refractivity contribution in [3.63, 3.8) is 0 Å². The quantitative estimate of drug-likeness (QED) is 0.575. The van der Waals surface area contributed by atoms with Crippen LogP contribution < -0.4 is 0 Å². The van der Waals surface area contributed by atoms with E-state index in [4.69, 9.17) is 10.2 Å². The molecule has 0 amide bonds. The van der Waals surface area contributed by atoms with Crippen molar-refractivity contribution in [2.45, 2.75) is 25.0 Å². The molecule has 0 saturated heterocycles. The Morgan fingerprint density at radius 3 is 2.22 bits per heavy atom. The van der Waals surface area contributed by atoms with E-state index in [-0.39, 0.29) is 12.0 Å². The molecule has 4 N–H and O–H groups in total.